The molecule has 1 N–H and O–H groups in total. The molecule has 0 atom stereocenters. The van der Waals surface area contributed by atoms with Crippen LogP contribution in [-0.2, 0) is 11.2 Å². The number of nitrogens with one attached hydrogen (secondary N) is 1. The molecule has 1 amide bonds. The second-order valence-electron chi connectivity index (χ2n) is 4.44. The lowest BCUT2D eigenvalue weighted by atomic mass is 9.95. The largest absolute Gasteiger partial charge is 0.350 e. The van der Waals surface area contributed by atoms with Crippen LogP contribution >= 0.6 is 27.5 Å². The highest BCUT2D eigenvalue weighted by Gasteiger charge is 2.26. The van der Waals surface area contributed by atoms with Crippen molar-refractivity contribution < 1.29 is 4.79 Å². The average molecular weight is 333 g/mol. The maximum atomic E-state index is 12.1. The van der Waals surface area contributed by atoms with E-state index < -0.39 is 0 Å². The Morgan fingerprint density at radius 3 is 2.44 bits per heavy atom. The molecule has 0 fully saturated rings. The predicted molar refractivity (Wildman–Crippen MR) is 80.4 cm³/mol. The van der Waals surface area contributed by atoms with Crippen LogP contribution < -0.4 is 5.32 Å². The van der Waals surface area contributed by atoms with Gasteiger partial charge in [-0.1, -0.05) is 59.6 Å². The summed E-state index contributed by atoms with van der Waals surface area (Å²) in [6.45, 7) is 4.17. The van der Waals surface area contributed by atoms with Crippen LogP contribution in [-0.4, -0.2) is 16.8 Å². The number of benzene rings is 1. The van der Waals surface area contributed by atoms with Gasteiger partial charge in [0.2, 0.25) is 5.91 Å². The molecule has 0 saturated carbocycles. The lowest BCUT2D eigenvalue weighted by Crippen LogP contribution is -2.49. The molecule has 0 radical (unpaired) electrons. The van der Waals surface area contributed by atoms with Crippen molar-refractivity contribution in [1.29, 1.82) is 0 Å². The van der Waals surface area contributed by atoms with Crippen molar-refractivity contribution in [2.24, 2.45) is 0 Å². The molecule has 0 heterocycles. The van der Waals surface area contributed by atoms with Gasteiger partial charge in [0.15, 0.2) is 0 Å². The quantitative estimate of drug-likeness (QED) is 0.785. The first kappa shape index (κ1) is 15.5. The van der Waals surface area contributed by atoms with Gasteiger partial charge in [-0.05, 0) is 24.5 Å². The van der Waals surface area contributed by atoms with Crippen LogP contribution in [0.4, 0.5) is 0 Å². The van der Waals surface area contributed by atoms with Crippen LogP contribution in [0.2, 0.25) is 5.02 Å². The number of amides is 1. The summed E-state index contributed by atoms with van der Waals surface area (Å²) < 4.78 is 0. The van der Waals surface area contributed by atoms with Crippen molar-refractivity contribution in [3.05, 3.63) is 34.9 Å². The molecule has 0 bridgehead atoms. The minimum atomic E-state index is -0.154. The van der Waals surface area contributed by atoms with Gasteiger partial charge in [-0.25, -0.2) is 0 Å². The highest BCUT2D eigenvalue weighted by molar-refractivity contribution is 9.09. The van der Waals surface area contributed by atoms with E-state index in [1.165, 1.54) is 0 Å². The van der Waals surface area contributed by atoms with Crippen molar-refractivity contribution in [1.82, 2.24) is 5.32 Å². The molecule has 18 heavy (non-hydrogen) atoms. The first-order valence-corrected chi connectivity index (χ1v) is 7.67. The Bertz CT molecular complexity index is 396. The summed E-state index contributed by atoms with van der Waals surface area (Å²) in [4.78, 5) is 12.1. The molecule has 0 unspecified atom stereocenters. The number of carbonyl (C=O) groups excluding carboxylic acids is 1. The molecule has 0 spiro atoms. The summed E-state index contributed by atoms with van der Waals surface area (Å²) in [7, 11) is 0. The van der Waals surface area contributed by atoms with E-state index in [2.05, 4.69) is 35.1 Å². The van der Waals surface area contributed by atoms with Crippen molar-refractivity contribution in [3.63, 3.8) is 0 Å². The van der Waals surface area contributed by atoms with Gasteiger partial charge in [0.25, 0.3) is 0 Å². The Labute approximate surface area is 122 Å². The van der Waals surface area contributed by atoms with E-state index in [1.807, 2.05) is 24.3 Å². The number of carbonyl (C=O) groups is 1. The van der Waals surface area contributed by atoms with Crippen LogP contribution in [0.3, 0.4) is 0 Å². The van der Waals surface area contributed by atoms with Crippen molar-refractivity contribution >= 4 is 33.4 Å². The Morgan fingerprint density at radius 1 is 1.33 bits per heavy atom. The van der Waals surface area contributed by atoms with E-state index in [9.17, 15) is 4.79 Å². The number of hydrogen-bond acceptors (Lipinski definition) is 1. The van der Waals surface area contributed by atoms with E-state index >= 15 is 0 Å². The van der Waals surface area contributed by atoms with Gasteiger partial charge in [0.05, 0.1) is 6.42 Å². The molecular weight excluding hydrogens is 314 g/mol. The van der Waals surface area contributed by atoms with Crippen LogP contribution in [0.15, 0.2) is 24.3 Å². The molecule has 100 valence electrons. The van der Waals surface area contributed by atoms with Crippen LogP contribution in [0, 0.1) is 0 Å². The maximum absolute atomic E-state index is 12.1. The molecule has 0 aliphatic rings. The number of halogens is 2. The topological polar surface area (TPSA) is 29.1 Å². The van der Waals surface area contributed by atoms with Gasteiger partial charge in [0, 0.05) is 15.9 Å². The molecule has 0 saturated heterocycles. The predicted octanol–water partition coefficient (Wildman–Crippen LogP) is 3.95. The van der Waals surface area contributed by atoms with Gasteiger partial charge >= 0.3 is 0 Å². The molecule has 1 aromatic carbocycles. The van der Waals surface area contributed by atoms with Gasteiger partial charge in [0.1, 0.15) is 0 Å². The zero-order valence-corrected chi connectivity index (χ0v) is 13.1. The number of hydrogen-bond donors (Lipinski definition) is 1. The average Bonchev–Trinajstić information content (AvgIpc) is 2.39. The molecule has 0 aromatic heterocycles. The second kappa shape index (κ2) is 7.15. The zero-order chi connectivity index (χ0) is 13.6. The SMILES string of the molecule is CCC(CC)(CBr)NC(=O)Cc1ccccc1Cl. The minimum absolute atomic E-state index is 0.0197. The fourth-order valence-corrected chi connectivity index (χ4v) is 2.94. The van der Waals surface area contributed by atoms with E-state index in [0.29, 0.717) is 11.4 Å². The summed E-state index contributed by atoms with van der Waals surface area (Å²) in [6, 6.07) is 7.45. The standard InChI is InChI=1S/C14H19BrClNO/c1-3-14(4-2,10-15)17-13(18)9-11-7-5-6-8-12(11)16/h5-8H,3-4,9-10H2,1-2H3,(H,17,18). The molecule has 2 nitrogen and oxygen atoms in total. The van der Waals surface area contributed by atoms with Crippen molar-refractivity contribution in [3.8, 4) is 0 Å². The van der Waals surface area contributed by atoms with E-state index in [0.717, 1.165) is 23.7 Å². The van der Waals surface area contributed by atoms with Crippen molar-refractivity contribution in [2.75, 3.05) is 5.33 Å². The molecule has 0 aliphatic carbocycles. The Hall–Kier alpha value is -0.540. The summed E-state index contributed by atoms with van der Waals surface area (Å²) in [5.41, 5.74) is 0.713. The van der Waals surface area contributed by atoms with Gasteiger partial charge in [-0.3, -0.25) is 4.79 Å². The van der Waals surface area contributed by atoms with Crippen LogP contribution in [0.1, 0.15) is 32.3 Å². The van der Waals surface area contributed by atoms with E-state index in [4.69, 9.17) is 11.6 Å². The van der Waals surface area contributed by atoms with Crippen LogP contribution in [0.5, 0.6) is 0 Å². The summed E-state index contributed by atoms with van der Waals surface area (Å²) in [5.74, 6) is 0.0197. The first-order chi connectivity index (χ1) is 8.56. The maximum Gasteiger partial charge on any atom is 0.224 e. The molecule has 0 aliphatic heterocycles. The number of alkyl halides is 1. The third-order valence-electron chi connectivity index (χ3n) is 3.32. The Morgan fingerprint density at radius 2 is 1.94 bits per heavy atom. The van der Waals surface area contributed by atoms with E-state index in [1.54, 1.807) is 0 Å². The lowest BCUT2D eigenvalue weighted by molar-refractivity contribution is -0.122. The van der Waals surface area contributed by atoms with Crippen molar-refractivity contribution in [2.45, 2.75) is 38.6 Å². The summed E-state index contributed by atoms with van der Waals surface area (Å²) in [5, 5.41) is 4.52. The first-order valence-electron chi connectivity index (χ1n) is 6.17. The summed E-state index contributed by atoms with van der Waals surface area (Å²) in [6.07, 6.45) is 2.14. The number of rotatable bonds is 6. The summed E-state index contributed by atoms with van der Waals surface area (Å²) >= 11 is 9.53. The highest BCUT2D eigenvalue weighted by Crippen LogP contribution is 2.19. The minimum Gasteiger partial charge on any atom is -0.350 e. The monoisotopic (exact) mass is 331 g/mol. The molecular formula is C14H19BrClNO. The van der Waals surface area contributed by atoms with Gasteiger partial charge in [-0.2, -0.15) is 0 Å². The smallest absolute Gasteiger partial charge is 0.224 e. The lowest BCUT2D eigenvalue weighted by Gasteiger charge is -2.31. The molecule has 1 rings (SSSR count). The third-order valence-corrected chi connectivity index (χ3v) is 4.76. The van der Waals surface area contributed by atoms with Crippen LogP contribution in [0.25, 0.3) is 0 Å². The van der Waals surface area contributed by atoms with E-state index in [-0.39, 0.29) is 11.4 Å². The third kappa shape index (κ3) is 3.99. The van der Waals surface area contributed by atoms with Gasteiger partial charge in [-0.15, -0.1) is 0 Å². The zero-order valence-electron chi connectivity index (χ0n) is 10.8. The highest BCUT2D eigenvalue weighted by atomic mass is 79.9. The molecule has 1 aromatic rings. The fourth-order valence-electron chi connectivity index (χ4n) is 1.80. The normalized spacial score (nSPS) is 11.3. The second-order valence-corrected chi connectivity index (χ2v) is 5.41. The Balaban J connectivity index is 2.70. The molecule has 4 heteroatoms. The Kier molecular flexibility index (Phi) is 6.16. The fraction of sp³-hybridized carbons (Fsp3) is 0.500. The van der Waals surface area contributed by atoms with Gasteiger partial charge < -0.3 is 5.32 Å².